The van der Waals surface area contributed by atoms with Crippen LogP contribution in [0.15, 0.2) is 30.3 Å². The van der Waals surface area contributed by atoms with Crippen LogP contribution in [-0.4, -0.2) is 79.7 Å². The number of ether oxygens (including phenoxy) is 2. The highest BCUT2D eigenvalue weighted by atomic mass is 16.6. The molecule has 0 spiro atoms. The maximum Gasteiger partial charge on any atom is 0.410 e. The van der Waals surface area contributed by atoms with Crippen LogP contribution in [0.25, 0.3) is 0 Å². The third-order valence-electron chi connectivity index (χ3n) is 4.80. The highest BCUT2D eigenvalue weighted by Gasteiger charge is 2.25. The Morgan fingerprint density at radius 3 is 2.11 bits per heavy atom. The number of likely N-dealkylation sites (N-methyl/N-ethyl adjacent to an activating group) is 1. The standard InChI is InChI=1S/C26H41N5O7/c1-18(2)14-20(30-24(35)38-26(3,4)5)23(34)29-15-21(32)27-12-13-28-22(33)16-31(6)25(36)37-17-19-10-8-7-9-11-19/h7-11,18,20H,12-17H2,1-6H3,(H,27,32)(H,28,33)(H,29,34)(H,30,35). The van der Waals surface area contributed by atoms with Gasteiger partial charge in [-0.2, -0.15) is 0 Å². The van der Waals surface area contributed by atoms with Crippen molar-refractivity contribution in [3.63, 3.8) is 0 Å². The summed E-state index contributed by atoms with van der Waals surface area (Å²) in [6.07, 6.45) is -0.981. The summed E-state index contributed by atoms with van der Waals surface area (Å²) in [5.74, 6) is -1.27. The molecule has 0 aromatic heterocycles. The fourth-order valence-electron chi connectivity index (χ4n) is 3.08. The number of nitrogens with one attached hydrogen (secondary N) is 4. The van der Waals surface area contributed by atoms with Crippen LogP contribution in [-0.2, 0) is 30.5 Å². The van der Waals surface area contributed by atoms with Crippen LogP contribution in [0.3, 0.4) is 0 Å². The van der Waals surface area contributed by atoms with Gasteiger partial charge < -0.3 is 35.6 Å². The largest absolute Gasteiger partial charge is 0.445 e. The van der Waals surface area contributed by atoms with Gasteiger partial charge in [0.05, 0.1) is 6.54 Å². The van der Waals surface area contributed by atoms with Gasteiger partial charge >= 0.3 is 12.2 Å². The van der Waals surface area contributed by atoms with E-state index in [1.165, 1.54) is 7.05 Å². The lowest BCUT2D eigenvalue weighted by Gasteiger charge is -2.24. The lowest BCUT2D eigenvalue weighted by atomic mass is 10.0. The normalized spacial score (nSPS) is 11.7. The number of nitrogens with zero attached hydrogens (tertiary/aromatic N) is 1. The van der Waals surface area contributed by atoms with Gasteiger partial charge in [-0.25, -0.2) is 9.59 Å². The Kier molecular flexibility index (Phi) is 13.6. The van der Waals surface area contributed by atoms with E-state index in [1.807, 2.05) is 44.2 Å². The van der Waals surface area contributed by atoms with Crippen molar-refractivity contribution in [2.45, 2.75) is 59.3 Å². The zero-order valence-corrected chi connectivity index (χ0v) is 23.1. The van der Waals surface area contributed by atoms with E-state index in [0.29, 0.717) is 6.42 Å². The first kappa shape index (κ1) is 32.2. The Labute approximate surface area is 224 Å². The van der Waals surface area contributed by atoms with Gasteiger partial charge in [0.2, 0.25) is 17.7 Å². The van der Waals surface area contributed by atoms with Gasteiger partial charge in [-0.3, -0.25) is 14.4 Å². The average molecular weight is 536 g/mol. The molecule has 1 atom stereocenters. The highest BCUT2D eigenvalue weighted by Crippen LogP contribution is 2.09. The Hall–Kier alpha value is -3.83. The topological polar surface area (TPSA) is 155 Å². The van der Waals surface area contributed by atoms with Crippen molar-refractivity contribution < 1.29 is 33.4 Å². The van der Waals surface area contributed by atoms with Crippen molar-refractivity contribution in [1.29, 1.82) is 0 Å². The predicted molar refractivity (Wildman–Crippen MR) is 141 cm³/mol. The van der Waals surface area contributed by atoms with E-state index in [2.05, 4.69) is 21.3 Å². The molecular weight excluding hydrogens is 494 g/mol. The molecule has 12 heteroatoms. The molecule has 1 aromatic carbocycles. The maximum atomic E-state index is 12.5. The number of hydrogen-bond acceptors (Lipinski definition) is 7. The molecule has 0 saturated heterocycles. The van der Waals surface area contributed by atoms with Crippen molar-refractivity contribution in [2.75, 3.05) is 33.2 Å². The average Bonchev–Trinajstić information content (AvgIpc) is 2.82. The molecule has 1 unspecified atom stereocenters. The molecule has 0 heterocycles. The van der Waals surface area contributed by atoms with E-state index in [0.717, 1.165) is 10.5 Å². The minimum Gasteiger partial charge on any atom is -0.445 e. The monoisotopic (exact) mass is 535 g/mol. The molecule has 0 aliphatic heterocycles. The van der Waals surface area contributed by atoms with Gasteiger partial charge in [-0.1, -0.05) is 44.2 Å². The first-order valence-corrected chi connectivity index (χ1v) is 12.5. The summed E-state index contributed by atoms with van der Waals surface area (Å²) in [6, 6.07) is 8.32. The quantitative estimate of drug-likeness (QED) is 0.279. The fraction of sp³-hybridized carbons (Fsp3) is 0.577. The molecular formula is C26H41N5O7. The number of benzene rings is 1. The Morgan fingerprint density at radius 2 is 1.53 bits per heavy atom. The second kappa shape index (κ2) is 16.1. The molecule has 5 amide bonds. The van der Waals surface area contributed by atoms with Gasteiger partial charge in [0.25, 0.3) is 0 Å². The minimum absolute atomic E-state index is 0.101. The summed E-state index contributed by atoms with van der Waals surface area (Å²) < 4.78 is 10.4. The summed E-state index contributed by atoms with van der Waals surface area (Å²) in [7, 11) is 1.45. The van der Waals surface area contributed by atoms with E-state index in [4.69, 9.17) is 9.47 Å². The number of hydrogen-bond donors (Lipinski definition) is 4. The van der Waals surface area contributed by atoms with E-state index < -0.39 is 41.6 Å². The molecule has 0 fully saturated rings. The van der Waals surface area contributed by atoms with Crippen molar-refractivity contribution in [1.82, 2.24) is 26.2 Å². The zero-order valence-electron chi connectivity index (χ0n) is 23.1. The molecule has 0 radical (unpaired) electrons. The van der Waals surface area contributed by atoms with Crippen LogP contribution >= 0.6 is 0 Å². The smallest absolute Gasteiger partial charge is 0.410 e. The van der Waals surface area contributed by atoms with Crippen molar-refractivity contribution in [3.05, 3.63) is 35.9 Å². The fourth-order valence-corrected chi connectivity index (χ4v) is 3.08. The predicted octanol–water partition coefficient (Wildman–Crippen LogP) is 1.54. The second-order valence-corrected chi connectivity index (χ2v) is 10.1. The summed E-state index contributed by atoms with van der Waals surface area (Å²) in [4.78, 5) is 61.9. The first-order chi connectivity index (χ1) is 17.8. The molecule has 38 heavy (non-hydrogen) atoms. The van der Waals surface area contributed by atoms with E-state index in [1.54, 1.807) is 20.8 Å². The molecule has 1 rings (SSSR count). The van der Waals surface area contributed by atoms with Crippen LogP contribution in [0.2, 0.25) is 0 Å². The van der Waals surface area contributed by atoms with Crippen LogP contribution in [0.5, 0.6) is 0 Å². The van der Waals surface area contributed by atoms with Crippen LogP contribution in [0.1, 0.15) is 46.6 Å². The number of carbonyl (C=O) groups excluding carboxylic acids is 5. The molecule has 0 bridgehead atoms. The summed E-state index contributed by atoms with van der Waals surface area (Å²) >= 11 is 0. The Balaban J connectivity index is 2.31. The van der Waals surface area contributed by atoms with E-state index >= 15 is 0 Å². The zero-order chi connectivity index (χ0) is 28.7. The maximum absolute atomic E-state index is 12.5. The number of amides is 5. The Morgan fingerprint density at radius 1 is 0.921 bits per heavy atom. The van der Waals surface area contributed by atoms with Crippen LogP contribution < -0.4 is 21.3 Å². The van der Waals surface area contributed by atoms with Crippen LogP contribution in [0, 0.1) is 5.92 Å². The van der Waals surface area contributed by atoms with Gasteiger partial charge in [0.1, 0.15) is 24.8 Å². The number of carbonyl (C=O) groups is 5. The first-order valence-electron chi connectivity index (χ1n) is 12.5. The lowest BCUT2D eigenvalue weighted by Crippen LogP contribution is -2.50. The van der Waals surface area contributed by atoms with Gasteiger partial charge in [-0.15, -0.1) is 0 Å². The Bertz CT molecular complexity index is 932. The van der Waals surface area contributed by atoms with Crippen molar-refractivity contribution in [3.8, 4) is 0 Å². The van der Waals surface area contributed by atoms with Crippen molar-refractivity contribution >= 4 is 29.9 Å². The van der Waals surface area contributed by atoms with E-state index in [-0.39, 0.29) is 38.7 Å². The third kappa shape index (κ3) is 14.7. The SMILES string of the molecule is CC(C)CC(NC(=O)OC(C)(C)C)C(=O)NCC(=O)NCCNC(=O)CN(C)C(=O)OCc1ccccc1. The summed E-state index contributed by atoms with van der Waals surface area (Å²) in [5, 5.41) is 10.2. The van der Waals surface area contributed by atoms with Gasteiger partial charge in [0, 0.05) is 20.1 Å². The number of rotatable bonds is 13. The molecule has 0 aliphatic carbocycles. The molecule has 0 aliphatic rings. The van der Waals surface area contributed by atoms with Crippen molar-refractivity contribution in [2.24, 2.45) is 5.92 Å². The molecule has 4 N–H and O–H groups in total. The van der Waals surface area contributed by atoms with Crippen LogP contribution in [0.4, 0.5) is 9.59 Å². The van der Waals surface area contributed by atoms with E-state index in [9.17, 15) is 24.0 Å². The summed E-state index contributed by atoms with van der Waals surface area (Å²) in [6.45, 7) is 8.81. The lowest BCUT2D eigenvalue weighted by molar-refractivity contribution is -0.127. The number of alkyl carbamates (subject to hydrolysis) is 1. The molecule has 12 nitrogen and oxygen atoms in total. The highest BCUT2D eigenvalue weighted by molar-refractivity contribution is 5.89. The van der Waals surface area contributed by atoms with Gasteiger partial charge in [-0.05, 0) is 38.7 Å². The molecule has 0 saturated carbocycles. The molecule has 212 valence electrons. The second-order valence-electron chi connectivity index (χ2n) is 10.1. The molecule has 1 aromatic rings. The minimum atomic E-state index is -0.853. The summed E-state index contributed by atoms with van der Waals surface area (Å²) in [5.41, 5.74) is 0.125. The van der Waals surface area contributed by atoms with Gasteiger partial charge in [0.15, 0.2) is 0 Å². The third-order valence-corrected chi connectivity index (χ3v) is 4.80.